The minimum Gasteiger partial charge on any atom is -0.478 e. The maximum Gasteiger partial charge on any atom is 0.339 e. The Labute approximate surface area is 114 Å². The number of nitrogens with one attached hydrogen (secondary N) is 2. The number of aromatic nitrogens is 1. The summed E-state index contributed by atoms with van der Waals surface area (Å²) >= 11 is 0. The molecule has 0 aliphatic heterocycles. The topological polar surface area (TPSA) is 134 Å². The number of aromatic carboxylic acids is 1. The highest BCUT2D eigenvalue weighted by Crippen LogP contribution is 2.19. The van der Waals surface area contributed by atoms with Gasteiger partial charge in [0.25, 0.3) is 5.69 Å². The van der Waals surface area contributed by atoms with E-state index in [1.165, 1.54) is 6.92 Å². The molecule has 1 rings (SSSR count). The number of hydrogen-bond acceptors (Lipinski definition) is 6. The first kappa shape index (κ1) is 15.3. The average Bonchev–Trinajstić information content (AvgIpc) is 2.38. The standard InChI is InChI=1S/C11H14N4O5/c1-3-12-10(16)6(2)14-9-8(11(17)18)4-7(5-13-9)15(19)20/h4-6H,3H2,1-2H3,(H,12,16)(H,13,14)(H,17,18). The van der Waals surface area contributed by atoms with Crippen LogP contribution in [0.15, 0.2) is 12.3 Å². The second kappa shape index (κ2) is 6.45. The van der Waals surface area contributed by atoms with Crippen LogP contribution in [0.4, 0.5) is 11.5 Å². The van der Waals surface area contributed by atoms with Crippen molar-refractivity contribution in [2.24, 2.45) is 0 Å². The summed E-state index contributed by atoms with van der Waals surface area (Å²) in [6.07, 6.45) is 0.930. The zero-order valence-corrected chi connectivity index (χ0v) is 10.9. The van der Waals surface area contributed by atoms with Crippen molar-refractivity contribution in [3.8, 4) is 0 Å². The van der Waals surface area contributed by atoms with Gasteiger partial charge in [-0.1, -0.05) is 0 Å². The summed E-state index contributed by atoms with van der Waals surface area (Å²) < 4.78 is 0. The highest BCUT2D eigenvalue weighted by Gasteiger charge is 2.20. The van der Waals surface area contributed by atoms with Crippen LogP contribution in [0.2, 0.25) is 0 Å². The number of carboxylic acid groups (broad SMARTS) is 1. The Morgan fingerprint density at radius 1 is 1.55 bits per heavy atom. The second-order valence-corrected chi connectivity index (χ2v) is 3.91. The SMILES string of the molecule is CCNC(=O)C(C)Nc1ncc([N+](=O)[O-])cc1C(=O)O. The van der Waals surface area contributed by atoms with Crippen LogP contribution < -0.4 is 10.6 Å². The van der Waals surface area contributed by atoms with E-state index in [1.54, 1.807) is 6.92 Å². The van der Waals surface area contributed by atoms with Crippen molar-refractivity contribution in [1.29, 1.82) is 0 Å². The van der Waals surface area contributed by atoms with Crippen LogP contribution in [0.1, 0.15) is 24.2 Å². The van der Waals surface area contributed by atoms with Gasteiger partial charge in [-0.15, -0.1) is 0 Å². The summed E-state index contributed by atoms with van der Waals surface area (Å²) in [4.78, 5) is 36.2. The fraction of sp³-hybridized carbons (Fsp3) is 0.364. The fourth-order valence-electron chi connectivity index (χ4n) is 1.43. The van der Waals surface area contributed by atoms with Crippen molar-refractivity contribution < 1.29 is 19.6 Å². The molecule has 9 heteroatoms. The first-order chi connectivity index (χ1) is 9.36. The molecule has 0 aromatic carbocycles. The molecule has 1 heterocycles. The first-order valence-corrected chi connectivity index (χ1v) is 5.78. The molecule has 0 saturated carbocycles. The highest BCUT2D eigenvalue weighted by atomic mass is 16.6. The maximum atomic E-state index is 11.5. The van der Waals surface area contributed by atoms with E-state index < -0.39 is 22.6 Å². The lowest BCUT2D eigenvalue weighted by molar-refractivity contribution is -0.385. The monoisotopic (exact) mass is 282 g/mol. The molecule has 0 bridgehead atoms. The van der Waals surface area contributed by atoms with E-state index in [4.69, 9.17) is 5.11 Å². The van der Waals surface area contributed by atoms with Crippen molar-refractivity contribution in [3.63, 3.8) is 0 Å². The zero-order chi connectivity index (χ0) is 15.3. The molecular formula is C11H14N4O5. The summed E-state index contributed by atoms with van der Waals surface area (Å²) in [5.74, 6) is -1.79. The molecule has 1 amide bonds. The third kappa shape index (κ3) is 3.64. The normalized spacial score (nSPS) is 11.5. The van der Waals surface area contributed by atoms with E-state index in [0.29, 0.717) is 6.54 Å². The minimum absolute atomic E-state index is 0.0955. The van der Waals surface area contributed by atoms with Gasteiger partial charge in [-0.2, -0.15) is 0 Å². The van der Waals surface area contributed by atoms with Crippen LogP contribution in [0, 0.1) is 10.1 Å². The summed E-state index contributed by atoms with van der Waals surface area (Å²) in [5.41, 5.74) is -0.797. The Kier molecular flexibility index (Phi) is 4.95. The number of pyridine rings is 1. The Morgan fingerprint density at radius 3 is 2.70 bits per heavy atom. The van der Waals surface area contributed by atoms with E-state index in [1.807, 2.05) is 0 Å². The number of carbonyl (C=O) groups is 2. The summed E-state index contributed by atoms with van der Waals surface area (Å²) in [7, 11) is 0. The van der Waals surface area contributed by atoms with Gasteiger partial charge in [-0.3, -0.25) is 14.9 Å². The van der Waals surface area contributed by atoms with Crippen molar-refractivity contribution in [2.75, 3.05) is 11.9 Å². The lowest BCUT2D eigenvalue weighted by Crippen LogP contribution is -2.37. The number of nitrogens with zero attached hydrogens (tertiary/aromatic N) is 2. The quantitative estimate of drug-likeness (QED) is 0.514. The van der Waals surface area contributed by atoms with Crippen molar-refractivity contribution in [1.82, 2.24) is 10.3 Å². The van der Waals surface area contributed by atoms with Crippen LogP contribution in [0.5, 0.6) is 0 Å². The molecule has 3 N–H and O–H groups in total. The van der Waals surface area contributed by atoms with Crippen molar-refractivity contribution in [2.45, 2.75) is 19.9 Å². The number of amides is 1. The van der Waals surface area contributed by atoms with Gasteiger partial charge in [0.05, 0.1) is 4.92 Å². The van der Waals surface area contributed by atoms with Gasteiger partial charge in [0.2, 0.25) is 5.91 Å². The number of anilines is 1. The molecule has 1 aromatic rings. The molecular weight excluding hydrogens is 268 g/mol. The number of rotatable bonds is 6. The second-order valence-electron chi connectivity index (χ2n) is 3.91. The average molecular weight is 282 g/mol. The molecule has 0 radical (unpaired) electrons. The smallest absolute Gasteiger partial charge is 0.339 e. The molecule has 108 valence electrons. The van der Waals surface area contributed by atoms with E-state index in [2.05, 4.69) is 15.6 Å². The predicted octanol–water partition coefficient (Wildman–Crippen LogP) is 0.624. The van der Waals surface area contributed by atoms with Gasteiger partial charge in [-0.25, -0.2) is 9.78 Å². The van der Waals surface area contributed by atoms with Gasteiger partial charge < -0.3 is 15.7 Å². The Balaban J connectivity index is 3.03. The number of carbonyl (C=O) groups excluding carboxylic acids is 1. The molecule has 1 atom stereocenters. The summed E-state index contributed by atoms with van der Waals surface area (Å²) in [6, 6.07) is 0.171. The molecule has 0 saturated heterocycles. The number of hydrogen-bond donors (Lipinski definition) is 3. The summed E-state index contributed by atoms with van der Waals surface area (Å²) in [6.45, 7) is 3.71. The van der Waals surface area contributed by atoms with Crippen LogP contribution >= 0.6 is 0 Å². The van der Waals surface area contributed by atoms with E-state index in [-0.39, 0.29) is 17.3 Å². The lowest BCUT2D eigenvalue weighted by Gasteiger charge is -2.15. The zero-order valence-electron chi connectivity index (χ0n) is 10.9. The molecule has 0 fully saturated rings. The Hall–Kier alpha value is -2.71. The van der Waals surface area contributed by atoms with Gasteiger partial charge in [0.1, 0.15) is 23.6 Å². The van der Waals surface area contributed by atoms with Crippen LogP contribution in [0.3, 0.4) is 0 Å². The fourth-order valence-corrected chi connectivity index (χ4v) is 1.43. The number of nitro groups is 1. The third-order valence-corrected chi connectivity index (χ3v) is 2.41. The van der Waals surface area contributed by atoms with Gasteiger partial charge in [0, 0.05) is 12.6 Å². The molecule has 1 unspecified atom stereocenters. The van der Waals surface area contributed by atoms with Gasteiger partial charge in [0.15, 0.2) is 0 Å². The van der Waals surface area contributed by atoms with E-state index in [0.717, 1.165) is 12.3 Å². The molecule has 0 aliphatic rings. The lowest BCUT2D eigenvalue weighted by atomic mass is 10.2. The molecule has 0 aliphatic carbocycles. The molecule has 20 heavy (non-hydrogen) atoms. The van der Waals surface area contributed by atoms with Crippen LogP contribution in [-0.4, -0.2) is 39.5 Å². The summed E-state index contributed by atoms with van der Waals surface area (Å²) in [5, 5.41) is 24.8. The largest absolute Gasteiger partial charge is 0.478 e. The minimum atomic E-state index is -1.37. The number of likely N-dealkylation sites (N-methyl/N-ethyl adjacent to an activating group) is 1. The van der Waals surface area contributed by atoms with Gasteiger partial charge in [-0.05, 0) is 13.8 Å². The Bertz CT molecular complexity index is 546. The van der Waals surface area contributed by atoms with Crippen molar-refractivity contribution in [3.05, 3.63) is 27.9 Å². The van der Waals surface area contributed by atoms with Crippen LogP contribution in [0.25, 0.3) is 0 Å². The molecule has 9 nitrogen and oxygen atoms in total. The van der Waals surface area contributed by atoms with E-state index in [9.17, 15) is 19.7 Å². The maximum absolute atomic E-state index is 11.5. The molecule has 1 aromatic heterocycles. The van der Waals surface area contributed by atoms with Gasteiger partial charge >= 0.3 is 5.97 Å². The van der Waals surface area contributed by atoms with Crippen molar-refractivity contribution >= 4 is 23.4 Å². The van der Waals surface area contributed by atoms with E-state index >= 15 is 0 Å². The third-order valence-electron chi connectivity index (χ3n) is 2.41. The van der Waals surface area contributed by atoms with Crippen LogP contribution in [-0.2, 0) is 4.79 Å². The predicted molar refractivity (Wildman–Crippen MR) is 69.6 cm³/mol. The highest BCUT2D eigenvalue weighted by molar-refractivity contribution is 5.95. The Morgan fingerprint density at radius 2 is 2.20 bits per heavy atom. The number of carboxylic acids is 1. The first-order valence-electron chi connectivity index (χ1n) is 5.78. The molecule has 0 spiro atoms.